The van der Waals surface area contributed by atoms with Gasteiger partial charge in [-0.1, -0.05) is 6.92 Å². The standard InChI is InChI=1S/C14H19N3OS2/c1-2-16-6-3-10(4-7-16)9-17-13(18)11-5-8-20-12(11)15-14(17)19/h5,8,10H,2-4,6-7,9H2,1H3,(H,15,19). The molecule has 1 fully saturated rings. The van der Waals surface area contributed by atoms with Crippen LogP contribution in [0.15, 0.2) is 16.2 Å². The Morgan fingerprint density at radius 3 is 2.90 bits per heavy atom. The second-order valence-corrected chi connectivity index (χ2v) is 6.69. The Bertz CT molecular complexity index is 707. The molecule has 108 valence electrons. The number of nitrogens with zero attached hydrogens (tertiary/aromatic N) is 2. The first kappa shape index (κ1) is 14.0. The van der Waals surface area contributed by atoms with Crippen LogP contribution in [0.25, 0.3) is 10.2 Å². The highest BCUT2D eigenvalue weighted by molar-refractivity contribution is 7.71. The summed E-state index contributed by atoms with van der Waals surface area (Å²) in [4.78, 5) is 19.0. The van der Waals surface area contributed by atoms with Gasteiger partial charge in [0.2, 0.25) is 0 Å². The van der Waals surface area contributed by atoms with E-state index in [2.05, 4.69) is 16.8 Å². The molecule has 0 bridgehead atoms. The Hall–Kier alpha value is -0.980. The first-order valence-corrected chi connectivity index (χ1v) is 8.40. The first-order valence-electron chi connectivity index (χ1n) is 7.11. The van der Waals surface area contributed by atoms with Gasteiger partial charge in [-0.2, -0.15) is 0 Å². The molecular weight excluding hydrogens is 290 g/mol. The summed E-state index contributed by atoms with van der Waals surface area (Å²) >= 11 is 6.88. The number of hydrogen-bond acceptors (Lipinski definition) is 4. The zero-order valence-corrected chi connectivity index (χ0v) is 13.2. The molecule has 0 unspecified atom stereocenters. The molecule has 1 N–H and O–H groups in total. The van der Waals surface area contributed by atoms with Gasteiger partial charge in [0.1, 0.15) is 4.83 Å². The molecule has 0 aliphatic carbocycles. The summed E-state index contributed by atoms with van der Waals surface area (Å²) in [5, 5.41) is 2.69. The number of piperidine rings is 1. The van der Waals surface area contributed by atoms with Gasteiger partial charge in [-0.15, -0.1) is 11.3 Å². The first-order chi connectivity index (χ1) is 9.69. The number of hydrogen-bond donors (Lipinski definition) is 1. The molecule has 2 aromatic rings. The quantitative estimate of drug-likeness (QED) is 0.886. The molecule has 3 heterocycles. The lowest BCUT2D eigenvalue weighted by atomic mass is 9.97. The fraction of sp³-hybridized carbons (Fsp3) is 0.571. The lowest BCUT2D eigenvalue weighted by molar-refractivity contribution is 0.180. The number of aromatic amines is 1. The maximum Gasteiger partial charge on any atom is 0.263 e. The predicted octanol–water partition coefficient (Wildman–Crippen LogP) is 2.85. The van der Waals surface area contributed by atoms with Gasteiger partial charge >= 0.3 is 0 Å². The number of rotatable bonds is 3. The Kier molecular flexibility index (Phi) is 4.05. The number of H-pyrrole nitrogens is 1. The maximum atomic E-state index is 12.5. The second kappa shape index (κ2) is 5.79. The van der Waals surface area contributed by atoms with Gasteiger partial charge in [-0.3, -0.25) is 9.36 Å². The van der Waals surface area contributed by atoms with Crippen LogP contribution < -0.4 is 5.56 Å². The fourth-order valence-electron chi connectivity index (χ4n) is 2.89. The minimum atomic E-state index is 0.0583. The largest absolute Gasteiger partial charge is 0.323 e. The molecule has 0 radical (unpaired) electrons. The molecule has 1 saturated heterocycles. The molecular formula is C14H19N3OS2. The lowest BCUT2D eigenvalue weighted by Crippen LogP contribution is -2.36. The van der Waals surface area contributed by atoms with Crippen molar-refractivity contribution < 1.29 is 0 Å². The molecule has 4 nitrogen and oxygen atoms in total. The van der Waals surface area contributed by atoms with Crippen LogP contribution >= 0.6 is 23.6 Å². The minimum Gasteiger partial charge on any atom is -0.323 e. The van der Waals surface area contributed by atoms with E-state index in [1.54, 1.807) is 4.57 Å². The molecule has 0 amide bonds. The van der Waals surface area contributed by atoms with Crippen molar-refractivity contribution in [1.82, 2.24) is 14.5 Å². The van der Waals surface area contributed by atoms with E-state index < -0.39 is 0 Å². The van der Waals surface area contributed by atoms with Gasteiger partial charge in [-0.25, -0.2) is 0 Å². The maximum absolute atomic E-state index is 12.5. The third-order valence-corrected chi connectivity index (χ3v) is 5.35. The van der Waals surface area contributed by atoms with Crippen LogP contribution in [0.4, 0.5) is 0 Å². The Morgan fingerprint density at radius 2 is 2.20 bits per heavy atom. The molecule has 3 rings (SSSR count). The molecule has 1 aliphatic heterocycles. The Balaban J connectivity index is 1.84. The Labute approximate surface area is 127 Å². The fourth-order valence-corrected chi connectivity index (χ4v) is 3.99. The summed E-state index contributed by atoms with van der Waals surface area (Å²) in [7, 11) is 0. The predicted molar refractivity (Wildman–Crippen MR) is 86.1 cm³/mol. The van der Waals surface area contributed by atoms with Crippen LogP contribution in [0.1, 0.15) is 19.8 Å². The molecule has 0 aromatic carbocycles. The smallest absolute Gasteiger partial charge is 0.263 e. The van der Waals surface area contributed by atoms with E-state index >= 15 is 0 Å². The molecule has 0 spiro atoms. The zero-order valence-electron chi connectivity index (χ0n) is 11.6. The number of likely N-dealkylation sites (tertiary alicyclic amines) is 1. The van der Waals surface area contributed by atoms with Gasteiger partial charge in [0.05, 0.1) is 5.39 Å². The van der Waals surface area contributed by atoms with Crippen molar-refractivity contribution in [2.75, 3.05) is 19.6 Å². The highest BCUT2D eigenvalue weighted by Crippen LogP contribution is 2.19. The average molecular weight is 309 g/mol. The summed E-state index contributed by atoms with van der Waals surface area (Å²) in [6.45, 7) is 6.33. The van der Waals surface area contributed by atoms with Crippen LogP contribution in [0.3, 0.4) is 0 Å². The van der Waals surface area contributed by atoms with Crippen molar-refractivity contribution in [1.29, 1.82) is 0 Å². The van der Waals surface area contributed by atoms with E-state index in [0.717, 1.165) is 49.2 Å². The van der Waals surface area contributed by atoms with E-state index in [4.69, 9.17) is 12.2 Å². The van der Waals surface area contributed by atoms with E-state index in [1.807, 2.05) is 11.4 Å². The molecule has 20 heavy (non-hydrogen) atoms. The average Bonchev–Trinajstić information content (AvgIpc) is 2.92. The highest BCUT2D eigenvalue weighted by atomic mass is 32.1. The highest BCUT2D eigenvalue weighted by Gasteiger charge is 2.19. The molecule has 0 saturated carbocycles. The van der Waals surface area contributed by atoms with Gasteiger partial charge in [0.25, 0.3) is 5.56 Å². The van der Waals surface area contributed by atoms with Crippen molar-refractivity contribution in [3.8, 4) is 0 Å². The van der Waals surface area contributed by atoms with Crippen molar-refractivity contribution in [2.45, 2.75) is 26.3 Å². The molecule has 1 aliphatic rings. The number of aromatic nitrogens is 2. The molecule has 0 atom stereocenters. The van der Waals surface area contributed by atoms with Crippen molar-refractivity contribution in [2.24, 2.45) is 5.92 Å². The topological polar surface area (TPSA) is 41.0 Å². The van der Waals surface area contributed by atoms with E-state index in [1.165, 1.54) is 11.3 Å². The zero-order chi connectivity index (χ0) is 14.1. The van der Waals surface area contributed by atoms with Gasteiger partial charge in [-0.05, 0) is 62.1 Å². The number of fused-ring (bicyclic) bond motifs is 1. The second-order valence-electron chi connectivity index (χ2n) is 5.39. The third-order valence-electron chi connectivity index (χ3n) is 4.20. The van der Waals surface area contributed by atoms with Crippen LogP contribution in [0, 0.1) is 10.7 Å². The van der Waals surface area contributed by atoms with Crippen molar-refractivity contribution >= 4 is 33.8 Å². The van der Waals surface area contributed by atoms with Crippen LogP contribution in [0.5, 0.6) is 0 Å². The summed E-state index contributed by atoms with van der Waals surface area (Å²) in [6, 6.07) is 1.88. The van der Waals surface area contributed by atoms with Crippen molar-refractivity contribution in [3.63, 3.8) is 0 Å². The van der Waals surface area contributed by atoms with E-state index in [0.29, 0.717) is 10.7 Å². The monoisotopic (exact) mass is 309 g/mol. The van der Waals surface area contributed by atoms with E-state index in [-0.39, 0.29) is 5.56 Å². The summed E-state index contributed by atoms with van der Waals surface area (Å²) in [5.41, 5.74) is 0.0583. The minimum absolute atomic E-state index is 0.0583. The summed E-state index contributed by atoms with van der Waals surface area (Å²) < 4.78 is 2.30. The van der Waals surface area contributed by atoms with Gasteiger partial charge < -0.3 is 9.88 Å². The summed E-state index contributed by atoms with van der Waals surface area (Å²) in [5.74, 6) is 0.557. The Morgan fingerprint density at radius 1 is 1.45 bits per heavy atom. The molecule has 6 heteroatoms. The lowest BCUT2D eigenvalue weighted by Gasteiger charge is -2.31. The van der Waals surface area contributed by atoms with Gasteiger partial charge in [0.15, 0.2) is 4.77 Å². The third kappa shape index (κ3) is 2.60. The van der Waals surface area contributed by atoms with Crippen molar-refractivity contribution in [3.05, 3.63) is 26.6 Å². The normalized spacial score (nSPS) is 17.9. The molecule has 2 aromatic heterocycles. The van der Waals surface area contributed by atoms with Crippen LogP contribution in [-0.2, 0) is 6.54 Å². The SMILES string of the molecule is CCN1CCC(Cn2c(=S)[nH]c3sccc3c2=O)CC1. The van der Waals surface area contributed by atoms with Crippen LogP contribution in [-0.4, -0.2) is 34.1 Å². The number of thiophene rings is 1. The van der Waals surface area contributed by atoms with Crippen LogP contribution in [0.2, 0.25) is 0 Å². The summed E-state index contributed by atoms with van der Waals surface area (Å²) in [6.07, 6.45) is 2.30. The number of nitrogens with one attached hydrogen (secondary N) is 1. The van der Waals surface area contributed by atoms with E-state index in [9.17, 15) is 4.79 Å². The van der Waals surface area contributed by atoms with Gasteiger partial charge in [0, 0.05) is 6.54 Å².